The maximum atomic E-state index is 13.0. The van der Waals surface area contributed by atoms with Gasteiger partial charge in [-0.15, -0.1) is 0 Å². The molecule has 2 aromatic rings. The molecule has 0 aliphatic rings. The average molecular weight is 197 g/mol. The van der Waals surface area contributed by atoms with Gasteiger partial charge in [0.15, 0.2) is 0 Å². The Hall–Kier alpha value is -1.35. The van der Waals surface area contributed by atoms with Crippen LogP contribution in [0.15, 0.2) is 30.6 Å². The lowest BCUT2D eigenvalue weighted by Gasteiger charge is -1.97. The molecule has 0 fully saturated rings. The molecule has 0 saturated heterocycles. The standard InChI is InChI=1S/C9H6ClFN2/c10-8-2-1-6(3-9(8)11)7-4-12-13-5-7/h1-5H,(H,12,13). The molecule has 0 amide bonds. The predicted octanol–water partition coefficient (Wildman–Crippen LogP) is 2.87. The first-order valence-electron chi connectivity index (χ1n) is 3.71. The number of nitrogens with one attached hydrogen (secondary N) is 1. The third-order valence-electron chi connectivity index (χ3n) is 1.75. The fourth-order valence-corrected chi connectivity index (χ4v) is 1.20. The van der Waals surface area contributed by atoms with Crippen molar-refractivity contribution >= 4 is 11.6 Å². The van der Waals surface area contributed by atoms with Gasteiger partial charge in [0.25, 0.3) is 0 Å². The number of aromatic amines is 1. The molecule has 0 atom stereocenters. The molecule has 0 saturated carbocycles. The molecule has 1 heterocycles. The predicted molar refractivity (Wildman–Crippen MR) is 49.0 cm³/mol. The van der Waals surface area contributed by atoms with Crippen molar-refractivity contribution in [2.75, 3.05) is 0 Å². The monoisotopic (exact) mass is 196 g/mol. The van der Waals surface area contributed by atoms with Crippen LogP contribution < -0.4 is 0 Å². The maximum absolute atomic E-state index is 13.0. The van der Waals surface area contributed by atoms with Gasteiger partial charge in [-0.2, -0.15) is 5.10 Å². The summed E-state index contributed by atoms with van der Waals surface area (Å²) in [6.45, 7) is 0. The third-order valence-corrected chi connectivity index (χ3v) is 2.06. The van der Waals surface area contributed by atoms with Crippen molar-refractivity contribution in [2.45, 2.75) is 0 Å². The van der Waals surface area contributed by atoms with Crippen LogP contribution in [0.2, 0.25) is 5.02 Å². The lowest BCUT2D eigenvalue weighted by molar-refractivity contribution is 0.629. The Labute approximate surface area is 79.4 Å². The minimum atomic E-state index is -0.416. The summed E-state index contributed by atoms with van der Waals surface area (Å²) in [5, 5.41) is 6.56. The molecule has 0 radical (unpaired) electrons. The van der Waals surface area contributed by atoms with E-state index in [0.717, 1.165) is 11.1 Å². The summed E-state index contributed by atoms with van der Waals surface area (Å²) in [6.07, 6.45) is 3.32. The maximum Gasteiger partial charge on any atom is 0.142 e. The second-order valence-corrected chi connectivity index (χ2v) is 3.02. The molecule has 66 valence electrons. The Morgan fingerprint density at radius 2 is 2.15 bits per heavy atom. The largest absolute Gasteiger partial charge is 0.285 e. The summed E-state index contributed by atoms with van der Waals surface area (Å²) < 4.78 is 13.0. The highest BCUT2D eigenvalue weighted by molar-refractivity contribution is 6.30. The minimum absolute atomic E-state index is 0.132. The van der Waals surface area contributed by atoms with E-state index in [1.807, 2.05) is 0 Å². The summed E-state index contributed by atoms with van der Waals surface area (Å²) in [7, 11) is 0. The Morgan fingerprint density at radius 3 is 2.77 bits per heavy atom. The summed E-state index contributed by atoms with van der Waals surface area (Å²) in [5.41, 5.74) is 1.60. The number of halogens is 2. The van der Waals surface area contributed by atoms with Crippen LogP contribution in [0.1, 0.15) is 0 Å². The second-order valence-electron chi connectivity index (χ2n) is 2.62. The highest BCUT2D eigenvalue weighted by Crippen LogP contribution is 2.22. The quantitative estimate of drug-likeness (QED) is 0.747. The van der Waals surface area contributed by atoms with Gasteiger partial charge in [-0.1, -0.05) is 17.7 Å². The van der Waals surface area contributed by atoms with Crippen molar-refractivity contribution in [3.8, 4) is 11.1 Å². The Morgan fingerprint density at radius 1 is 1.31 bits per heavy atom. The first-order chi connectivity index (χ1) is 6.27. The zero-order chi connectivity index (χ0) is 9.26. The molecule has 0 unspecified atom stereocenters. The van der Waals surface area contributed by atoms with Crippen molar-refractivity contribution in [3.63, 3.8) is 0 Å². The van der Waals surface area contributed by atoms with Crippen molar-refractivity contribution < 1.29 is 4.39 Å². The van der Waals surface area contributed by atoms with E-state index in [0.29, 0.717) is 0 Å². The average Bonchev–Trinajstić information content (AvgIpc) is 2.62. The smallest absolute Gasteiger partial charge is 0.142 e. The third kappa shape index (κ3) is 1.55. The van der Waals surface area contributed by atoms with E-state index < -0.39 is 5.82 Å². The summed E-state index contributed by atoms with van der Waals surface area (Å²) in [4.78, 5) is 0. The zero-order valence-corrected chi connectivity index (χ0v) is 7.35. The summed E-state index contributed by atoms with van der Waals surface area (Å²) in [5.74, 6) is -0.416. The van der Waals surface area contributed by atoms with Gasteiger partial charge in [-0.25, -0.2) is 4.39 Å². The first kappa shape index (κ1) is 8.26. The molecular formula is C9H6ClFN2. The van der Waals surface area contributed by atoms with Crippen molar-refractivity contribution in [1.29, 1.82) is 0 Å². The van der Waals surface area contributed by atoms with Crippen LogP contribution in [-0.4, -0.2) is 10.2 Å². The Bertz CT molecular complexity index is 412. The van der Waals surface area contributed by atoms with E-state index in [1.54, 1.807) is 18.5 Å². The van der Waals surface area contributed by atoms with Gasteiger partial charge in [0, 0.05) is 11.8 Å². The molecule has 0 spiro atoms. The van der Waals surface area contributed by atoms with Gasteiger partial charge in [0.05, 0.1) is 11.2 Å². The topological polar surface area (TPSA) is 28.7 Å². The number of hydrogen-bond acceptors (Lipinski definition) is 1. The van der Waals surface area contributed by atoms with Gasteiger partial charge in [-0.05, 0) is 17.7 Å². The summed E-state index contributed by atoms with van der Waals surface area (Å²) in [6, 6.07) is 4.66. The van der Waals surface area contributed by atoms with Gasteiger partial charge in [-0.3, -0.25) is 5.10 Å². The van der Waals surface area contributed by atoms with Crippen LogP contribution >= 0.6 is 11.6 Å². The molecule has 0 bridgehead atoms. The molecule has 1 aromatic heterocycles. The van der Waals surface area contributed by atoms with Crippen LogP contribution in [0.25, 0.3) is 11.1 Å². The van der Waals surface area contributed by atoms with E-state index in [1.165, 1.54) is 12.1 Å². The SMILES string of the molecule is Fc1cc(-c2cn[nH]c2)ccc1Cl. The van der Waals surface area contributed by atoms with Crippen LogP contribution in [0.3, 0.4) is 0 Å². The number of rotatable bonds is 1. The molecular weight excluding hydrogens is 191 g/mol. The van der Waals surface area contributed by atoms with E-state index in [2.05, 4.69) is 10.2 Å². The van der Waals surface area contributed by atoms with E-state index in [-0.39, 0.29) is 5.02 Å². The van der Waals surface area contributed by atoms with Gasteiger partial charge >= 0.3 is 0 Å². The highest BCUT2D eigenvalue weighted by Gasteiger charge is 2.03. The van der Waals surface area contributed by atoms with E-state index >= 15 is 0 Å². The lowest BCUT2D eigenvalue weighted by Crippen LogP contribution is -1.79. The molecule has 13 heavy (non-hydrogen) atoms. The number of benzene rings is 1. The normalized spacial score (nSPS) is 10.3. The van der Waals surface area contributed by atoms with Crippen LogP contribution in [0.4, 0.5) is 4.39 Å². The first-order valence-corrected chi connectivity index (χ1v) is 4.09. The molecule has 2 nitrogen and oxygen atoms in total. The van der Waals surface area contributed by atoms with Crippen LogP contribution in [0.5, 0.6) is 0 Å². The Kier molecular flexibility index (Phi) is 2.02. The van der Waals surface area contributed by atoms with Crippen LogP contribution in [0, 0.1) is 5.82 Å². The minimum Gasteiger partial charge on any atom is -0.285 e. The number of aromatic nitrogens is 2. The molecule has 2 rings (SSSR count). The van der Waals surface area contributed by atoms with Crippen molar-refractivity contribution in [3.05, 3.63) is 41.4 Å². The van der Waals surface area contributed by atoms with E-state index in [9.17, 15) is 4.39 Å². The highest BCUT2D eigenvalue weighted by atomic mass is 35.5. The number of hydrogen-bond donors (Lipinski definition) is 1. The fourth-order valence-electron chi connectivity index (χ4n) is 1.08. The van der Waals surface area contributed by atoms with Gasteiger partial charge < -0.3 is 0 Å². The number of H-pyrrole nitrogens is 1. The second kappa shape index (κ2) is 3.18. The summed E-state index contributed by atoms with van der Waals surface area (Å²) >= 11 is 5.54. The molecule has 4 heteroatoms. The lowest BCUT2D eigenvalue weighted by atomic mass is 10.1. The van der Waals surface area contributed by atoms with Crippen LogP contribution in [-0.2, 0) is 0 Å². The molecule has 0 aliphatic heterocycles. The van der Waals surface area contributed by atoms with Crippen molar-refractivity contribution in [2.24, 2.45) is 0 Å². The Balaban J connectivity index is 2.49. The van der Waals surface area contributed by atoms with E-state index in [4.69, 9.17) is 11.6 Å². The molecule has 1 N–H and O–H groups in total. The van der Waals surface area contributed by atoms with Crippen molar-refractivity contribution in [1.82, 2.24) is 10.2 Å². The van der Waals surface area contributed by atoms with Gasteiger partial charge in [0.2, 0.25) is 0 Å². The van der Waals surface area contributed by atoms with Gasteiger partial charge in [0.1, 0.15) is 5.82 Å². The molecule has 1 aromatic carbocycles. The number of nitrogens with zero attached hydrogens (tertiary/aromatic N) is 1. The molecule has 0 aliphatic carbocycles. The zero-order valence-electron chi connectivity index (χ0n) is 6.59. The fraction of sp³-hybridized carbons (Fsp3) is 0.